The zero-order chi connectivity index (χ0) is 21.7. The Hall–Kier alpha value is -4.14. The molecule has 1 N–H and O–H groups in total. The second-order valence-electron chi connectivity index (χ2n) is 5.87. The lowest BCUT2D eigenvalue weighted by atomic mass is 10.3. The number of hydrogen-bond donors (Lipinski definition) is 1. The highest BCUT2D eigenvalue weighted by atomic mass is 19.4. The van der Waals surface area contributed by atoms with Gasteiger partial charge >= 0.3 is 12.1 Å². The average Bonchev–Trinajstić information content (AvgIpc) is 3.34. The molecule has 0 aliphatic heterocycles. The van der Waals surface area contributed by atoms with Gasteiger partial charge in [0, 0.05) is 6.20 Å². The molecule has 0 spiro atoms. The zero-order valence-electron chi connectivity index (χ0n) is 15.1. The van der Waals surface area contributed by atoms with Crippen LogP contribution in [-0.2, 0) is 27.0 Å². The highest BCUT2D eigenvalue weighted by Gasteiger charge is 2.33. The number of benzene rings is 1. The van der Waals surface area contributed by atoms with Crippen molar-refractivity contribution >= 4 is 17.7 Å². The Morgan fingerprint density at radius 1 is 1.20 bits per heavy atom. The van der Waals surface area contributed by atoms with Crippen molar-refractivity contribution in [3.8, 4) is 11.8 Å². The first-order valence-electron chi connectivity index (χ1n) is 8.37. The predicted octanol–water partition coefficient (Wildman–Crippen LogP) is 2.14. The van der Waals surface area contributed by atoms with E-state index >= 15 is 0 Å². The third kappa shape index (κ3) is 4.82. The molecule has 0 bridgehead atoms. The van der Waals surface area contributed by atoms with Gasteiger partial charge in [-0.05, 0) is 18.2 Å². The number of alkyl halides is 3. The maximum Gasteiger partial charge on any atom is 0.435 e. The van der Waals surface area contributed by atoms with E-state index in [0.717, 1.165) is 10.9 Å². The molecule has 154 valence electrons. The Kier molecular flexibility index (Phi) is 5.82. The lowest BCUT2D eigenvalue weighted by Gasteiger charge is -2.10. The molecule has 1 amide bonds. The maximum absolute atomic E-state index is 12.5. The fraction of sp³-hybridized carbons (Fsp3) is 0.167. The highest BCUT2D eigenvalue weighted by Crippen LogP contribution is 2.27. The van der Waals surface area contributed by atoms with Gasteiger partial charge in [-0.1, -0.05) is 18.2 Å². The lowest BCUT2D eigenvalue weighted by Crippen LogP contribution is -2.24. The molecular weight excluding hydrogens is 405 g/mol. The van der Waals surface area contributed by atoms with Crippen molar-refractivity contribution in [2.24, 2.45) is 0 Å². The van der Waals surface area contributed by atoms with Crippen molar-refractivity contribution in [3.63, 3.8) is 0 Å². The quantitative estimate of drug-likeness (QED) is 0.614. The van der Waals surface area contributed by atoms with Gasteiger partial charge in [-0.15, -0.1) is 0 Å². The van der Waals surface area contributed by atoms with Crippen molar-refractivity contribution in [2.75, 3.05) is 11.9 Å². The van der Waals surface area contributed by atoms with E-state index in [9.17, 15) is 28.0 Å². The summed E-state index contributed by atoms with van der Waals surface area (Å²) in [6.07, 6.45) is -2.39. The van der Waals surface area contributed by atoms with Crippen LogP contribution in [0.1, 0.15) is 11.3 Å². The van der Waals surface area contributed by atoms with Crippen LogP contribution in [0.5, 0.6) is 0 Å². The molecule has 2 aromatic heterocycles. The third-order valence-electron chi connectivity index (χ3n) is 3.73. The third-order valence-corrected chi connectivity index (χ3v) is 3.73. The van der Waals surface area contributed by atoms with Crippen molar-refractivity contribution in [1.29, 1.82) is 5.26 Å². The number of carbonyl (C=O) groups excluding carboxylic acids is 2. The van der Waals surface area contributed by atoms with Gasteiger partial charge in [-0.2, -0.15) is 28.6 Å². The Morgan fingerprint density at radius 2 is 1.93 bits per heavy atom. The van der Waals surface area contributed by atoms with Crippen LogP contribution in [0.15, 0.2) is 48.8 Å². The van der Waals surface area contributed by atoms with Crippen molar-refractivity contribution < 1.29 is 27.5 Å². The topological polar surface area (TPSA) is 115 Å². The number of amides is 1. The number of aromatic nitrogens is 4. The summed E-state index contributed by atoms with van der Waals surface area (Å²) in [5.74, 6) is -1.63. The van der Waals surface area contributed by atoms with Gasteiger partial charge in [0.15, 0.2) is 18.1 Å². The predicted molar refractivity (Wildman–Crippen MR) is 95.1 cm³/mol. The summed E-state index contributed by atoms with van der Waals surface area (Å²) in [6.45, 7) is -1.31. The van der Waals surface area contributed by atoms with Gasteiger partial charge in [0.05, 0.1) is 11.9 Å². The summed E-state index contributed by atoms with van der Waals surface area (Å²) in [5, 5.41) is 18.9. The van der Waals surface area contributed by atoms with Crippen LogP contribution in [0.25, 0.3) is 5.69 Å². The molecule has 0 aliphatic rings. The van der Waals surface area contributed by atoms with Crippen molar-refractivity contribution in [1.82, 2.24) is 19.6 Å². The minimum absolute atomic E-state index is 0.0895. The fourth-order valence-corrected chi connectivity index (χ4v) is 2.41. The molecule has 3 rings (SSSR count). The van der Waals surface area contributed by atoms with Crippen LogP contribution in [0, 0.1) is 11.3 Å². The van der Waals surface area contributed by atoms with Crippen LogP contribution < -0.4 is 5.32 Å². The Bertz CT molecular complexity index is 1100. The van der Waals surface area contributed by atoms with Gasteiger partial charge in [0.1, 0.15) is 18.2 Å². The molecular formula is C18H13F3N6O3. The number of esters is 1. The van der Waals surface area contributed by atoms with E-state index in [-0.39, 0.29) is 11.4 Å². The van der Waals surface area contributed by atoms with E-state index in [2.05, 4.69) is 15.5 Å². The Labute approximate surface area is 167 Å². The number of anilines is 1. The first-order chi connectivity index (χ1) is 14.3. The fourth-order valence-electron chi connectivity index (χ4n) is 2.41. The number of rotatable bonds is 6. The van der Waals surface area contributed by atoms with Crippen molar-refractivity contribution in [3.05, 3.63) is 60.0 Å². The van der Waals surface area contributed by atoms with Gasteiger partial charge in [0.25, 0.3) is 5.91 Å². The van der Waals surface area contributed by atoms with E-state index < -0.39 is 36.9 Å². The number of halogens is 3. The minimum Gasteiger partial charge on any atom is -0.454 e. The van der Waals surface area contributed by atoms with Crippen LogP contribution in [0.2, 0.25) is 0 Å². The SMILES string of the molecule is N#Cc1cnn(-c2ccccc2)c1NC(=O)COC(=O)Cn1ccc(C(F)(F)F)n1. The number of hydrogen-bond acceptors (Lipinski definition) is 6. The van der Waals surface area contributed by atoms with E-state index in [0.29, 0.717) is 11.8 Å². The largest absolute Gasteiger partial charge is 0.454 e. The van der Waals surface area contributed by atoms with Gasteiger partial charge in [0.2, 0.25) is 0 Å². The molecule has 0 fully saturated rings. The molecule has 0 unspecified atom stereocenters. The molecule has 1 aromatic carbocycles. The summed E-state index contributed by atoms with van der Waals surface area (Å²) in [7, 11) is 0. The van der Waals surface area contributed by atoms with Crippen LogP contribution in [0.3, 0.4) is 0 Å². The second-order valence-corrected chi connectivity index (χ2v) is 5.87. The van der Waals surface area contributed by atoms with E-state index in [1.165, 1.54) is 10.9 Å². The molecule has 0 saturated heterocycles. The Morgan fingerprint density at radius 3 is 2.57 bits per heavy atom. The molecule has 12 heteroatoms. The van der Waals surface area contributed by atoms with Gasteiger partial charge in [-0.3, -0.25) is 14.3 Å². The normalized spacial score (nSPS) is 11.0. The number of ether oxygens (including phenoxy) is 1. The molecule has 0 atom stereocenters. The number of para-hydroxylation sites is 1. The molecule has 0 radical (unpaired) electrons. The summed E-state index contributed by atoms with van der Waals surface area (Å²) < 4.78 is 44.4. The highest BCUT2D eigenvalue weighted by molar-refractivity contribution is 5.93. The molecule has 9 nitrogen and oxygen atoms in total. The molecule has 2 heterocycles. The van der Waals surface area contributed by atoms with E-state index in [1.54, 1.807) is 30.3 Å². The molecule has 0 saturated carbocycles. The molecule has 0 aliphatic carbocycles. The number of nitriles is 1. The maximum atomic E-state index is 12.5. The molecule has 30 heavy (non-hydrogen) atoms. The van der Waals surface area contributed by atoms with Crippen LogP contribution in [0.4, 0.5) is 19.0 Å². The van der Waals surface area contributed by atoms with E-state index in [4.69, 9.17) is 4.74 Å². The zero-order valence-corrected chi connectivity index (χ0v) is 15.1. The monoisotopic (exact) mass is 418 g/mol. The summed E-state index contributed by atoms with van der Waals surface area (Å²) in [5.41, 5.74) is -0.466. The summed E-state index contributed by atoms with van der Waals surface area (Å²) in [6, 6.07) is 11.3. The lowest BCUT2D eigenvalue weighted by molar-refractivity contribution is -0.148. The number of nitrogens with one attached hydrogen (secondary N) is 1. The van der Waals surface area contributed by atoms with Gasteiger partial charge in [-0.25, -0.2) is 4.68 Å². The van der Waals surface area contributed by atoms with Gasteiger partial charge < -0.3 is 10.1 Å². The smallest absolute Gasteiger partial charge is 0.435 e. The minimum atomic E-state index is -4.63. The number of carbonyl (C=O) groups is 2. The van der Waals surface area contributed by atoms with Crippen LogP contribution in [-0.4, -0.2) is 38.0 Å². The average molecular weight is 418 g/mol. The number of nitrogens with zero attached hydrogens (tertiary/aromatic N) is 5. The van der Waals surface area contributed by atoms with E-state index in [1.807, 2.05) is 6.07 Å². The Balaban J connectivity index is 1.60. The van der Waals surface area contributed by atoms with Crippen LogP contribution >= 0.6 is 0 Å². The molecule has 3 aromatic rings. The standard InChI is InChI=1S/C18H13F3N6O3/c19-18(20,21)14-6-7-26(25-14)10-16(29)30-11-15(28)24-17-12(8-22)9-23-27(17)13-4-2-1-3-5-13/h1-7,9H,10-11H2,(H,24,28). The second kappa shape index (κ2) is 8.48. The first-order valence-corrected chi connectivity index (χ1v) is 8.37. The summed E-state index contributed by atoms with van der Waals surface area (Å²) >= 11 is 0. The van der Waals surface area contributed by atoms with Crippen molar-refractivity contribution in [2.45, 2.75) is 12.7 Å². The first kappa shape index (κ1) is 20.6. The summed E-state index contributed by atoms with van der Waals surface area (Å²) in [4.78, 5) is 23.9.